The smallest absolute Gasteiger partial charge is 0.448 e. The molecule has 0 N–H and O–H groups in total. The number of nitrogens with zero attached hydrogens (tertiary/aromatic N) is 1. The van der Waals surface area contributed by atoms with Gasteiger partial charge in [0.25, 0.3) is 0 Å². The third kappa shape index (κ3) is 13.3. The van der Waals surface area contributed by atoms with Crippen molar-refractivity contribution in [1.82, 2.24) is 0 Å². The molecule has 126 valence electrons. The van der Waals surface area contributed by atoms with Crippen molar-refractivity contribution in [2.45, 2.75) is 40.7 Å². The van der Waals surface area contributed by atoms with Crippen LogP contribution in [0.1, 0.15) is 45.0 Å². The average molecular weight is 351 g/mol. The van der Waals surface area contributed by atoms with E-state index in [2.05, 4.69) is 9.10 Å². The van der Waals surface area contributed by atoms with Crippen molar-refractivity contribution >= 4 is 33.9 Å². The predicted octanol–water partition coefficient (Wildman–Crippen LogP) is 3.55. The molecule has 7 nitrogen and oxygen atoms in total. The first-order chi connectivity index (χ1) is 10.4. The predicted molar refractivity (Wildman–Crippen MR) is 84.6 cm³/mol. The summed E-state index contributed by atoms with van der Waals surface area (Å²) in [6.45, 7) is 9.36. The zero-order valence-corrected chi connectivity index (χ0v) is 14.9. The lowest BCUT2D eigenvalue weighted by Gasteiger charge is -2.05. The van der Waals surface area contributed by atoms with Gasteiger partial charge in [-0.1, -0.05) is 18.2 Å². The van der Waals surface area contributed by atoms with E-state index in [1.807, 2.05) is 33.1 Å². The van der Waals surface area contributed by atoms with Crippen LogP contribution in [0.3, 0.4) is 0 Å². The summed E-state index contributed by atoms with van der Waals surface area (Å²) < 4.78 is 30.9. The van der Waals surface area contributed by atoms with Crippen LogP contribution in [-0.2, 0) is 20.0 Å². The summed E-state index contributed by atoms with van der Waals surface area (Å²) in [7, 11) is -2.70. The lowest BCUT2D eigenvalue weighted by atomic mass is 10.3. The number of carbonyl (C=O) groups is 2. The van der Waals surface area contributed by atoms with Crippen molar-refractivity contribution in [1.29, 1.82) is 0 Å². The Morgan fingerprint density at radius 1 is 1.32 bits per heavy atom. The number of thiophene rings is 1. The SMILES string of the molecule is CC.CC(C)OC(=O)c1ccsc1.CCOC(=O)N=S(=O)=O. The lowest BCUT2D eigenvalue weighted by Crippen LogP contribution is -2.10. The summed E-state index contributed by atoms with van der Waals surface area (Å²) in [4.78, 5) is 21.2. The quantitative estimate of drug-likeness (QED) is 0.772. The molecule has 9 heteroatoms. The number of esters is 1. The highest BCUT2D eigenvalue weighted by atomic mass is 32.2. The van der Waals surface area contributed by atoms with Crippen molar-refractivity contribution in [3.8, 4) is 0 Å². The van der Waals surface area contributed by atoms with E-state index in [4.69, 9.17) is 4.74 Å². The van der Waals surface area contributed by atoms with Crippen LogP contribution in [0.15, 0.2) is 21.2 Å². The molecular weight excluding hydrogens is 330 g/mol. The fraction of sp³-hybridized carbons (Fsp3) is 0.538. The third-order valence-electron chi connectivity index (χ3n) is 1.52. The van der Waals surface area contributed by atoms with Crippen molar-refractivity contribution in [2.24, 2.45) is 4.36 Å². The van der Waals surface area contributed by atoms with Gasteiger partial charge in [0, 0.05) is 5.38 Å². The Balaban J connectivity index is 0. The number of rotatable bonds is 3. The maximum absolute atomic E-state index is 11.1. The Morgan fingerprint density at radius 2 is 1.91 bits per heavy atom. The summed E-state index contributed by atoms with van der Waals surface area (Å²) in [5.74, 6) is -0.235. The number of hydrogen-bond donors (Lipinski definition) is 0. The van der Waals surface area contributed by atoms with Gasteiger partial charge in [-0.15, -0.1) is 0 Å². The van der Waals surface area contributed by atoms with Crippen molar-refractivity contribution in [3.63, 3.8) is 0 Å². The second-order valence-electron chi connectivity index (χ2n) is 3.47. The first kappa shape index (κ1) is 22.5. The molecule has 1 aromatic heterocycles. The van der Waals surface area contributed by atoms with Crippen molar-refractivity contribution < 1.29 is 27.5 Å². The molecule has 0 atom stereocenters. The maximum Gasteiger partial charge on any atom is 0.448 e. The van der Waals surface area contributed by atoms with Crippen molar-refractivity contribution in [3.05, 3.63) is 22.4 Å². The van der Waals surface area contributed by atoms with Gasteiger partial charge in [-0.25, -0.2) is 9.59 Å². The van der Waals surface area contributed by atoms with E-state index >= 15 is 0 Å². The molecule has 1 aromatic rings. The Bertz CT molecular complexity index is 541. The molecule has 1 amide bonds. The van der Waals surface area contributed by atoms with E-state index in [1.54, 1.807) is 18.4 Å². The minimum absolute atomic E-state index is 0.0394. The van der Waals surface area contributed by atoms with Gasteiger partial charge in [-0.3, -0.25) is 0 Å². The van der Waals surface area contributed by atoms with Gasteiger partial charge < -0.3 is 9.47 Å². The standard InChI is InChI=1S/C8H10O2S.C3H5NO4S.C2H6/c1-6(2)10-8(9)7-3-4-11-5-7;1-2-8-3(5)4-9(6)7;1-2/h3-6H,1-2H3;2H2,1H3;1-2H3. The van der Waals surface area contributed by atoms with Crippen LogP contribution in [-0.4, -0.2) is 33.2 Å². The highest BCUT2D eigenvalue weighted by Gasteiger charge is 2.07. The topological polar surface area (TPSA) is 99.1 Å². The summed E-state index contributed by atoms with van der Waals surface area (Å²) in [6, 6.07) is 1.76. The van der Waals surface area contributed by atoms with Crippen LogP contribution in [0, 0.1) is 0 Å². The second kappa shape index (κ2) is 14.2. The summed E-state index contributed by atoms with van der Waals surface area (Å²) in [6.07, 6.45) is -1.12. The number of amides is 1. The highest BCUT2D eigenvalue weighted by Crippen LogP contribution is 2.08. The number of hydrogen-bond acceptors (Lipinski definition) is 7. The molecule has 0 aliphatic heterocycles. The first-order valence-electron chi connectivity index (χ1n) is 6.57. The fourth-order valence-electron chi connectivity index (χ4n) is 0.873. The van der Waals surface area contributed by atoms with E-state index in [1.165, 1.54) is 11.3 Å². The first-order valence-corrected chi connectivity index (χ1v) is 8.55. The molecule has 22 heavy (non-hydrogen) atoms. The zero-order valence-electron chi connectivity index (χ0n) is 13.2. The molecule has 0 aromatic carbocycles. The van der Waals surface area contributed by atoms with Gasteiger partial charge in [0.15, 0.2) is 0 Å². The molecule has 0 saturated heterocycles. The highest BCUT2D eigenvalue weighted by molar-refractivity contribution is 7.62. The summed E-state index contributed by atoms with van der Waals surface area (Å²) in [5.41, 5.74) is 0.642. The molecule has 0 fully saturated rings. The van der Waals surface area contributed by atoms with E-state index in [-0.39, 0.29) is 18.7 Å². The summed E-state index contributed by atoms with van der Waals surface area (Å²) in [5, 5.41) is 3.64. The van der Waals surface area contributed by atoms with Crippen LogP contribution < -0.4 is 0 Å². The monoisotopic (exact) mass is 351 g/mol. The van der Waals surface area contributed by atoms with Gasteiger partial charge in [-0.2, -0.15) is 19.8 Å². The van der Waals surface area contributed by atoms with E-state index in [0.29, 0.717) is 5.56 Å². The Labute approximate surface area is 136 Å². The molecule has 0 bridgehead atoms. The molecule has 0 saturated carbocycles. The maximum atomic E-state index is 11.1. The average Bonchev–Trinajstić information content (AvgIpc) is 2.94. The molecule has 0 aliphatic carbocycles. The molecule has 0 unspecified atom stereocenters. The van der Waals surface area contributed by atoms with Gasteiger partial charge in [-0.05, 0) is 32.2 Å². The number of carbonyl (C=O) groups excluding carboxylic acids is 2. The molecule has 1 rings (SSSR count). The minimum atomic E-state index is -2.70. The van der Waals surface area contributed by atoms with E-state index in [0.717, 1.165) is 0 Å². The molecular formula is C13H21NO6S2. The third-order valence-corrected chi connectivity index (χ3v) is 2.50. The Hall–Kier alpha value is -1.74. The van der Waals surface area contributed by atoms with Crippen LogP contribution >= 0.6 is 11.3 Å². The fourth-order valence-corrected chi connectivity index (χ4v) is 1.67. The van der Waals surface area contributed by atoms with Crippen LogP contribution in [0.25, 0.3) is 0 Å². The minimum Gasteiger partial charge on any atom is -0.459 e. The molecule has 1 heterocycles. The van der Waals surface area contributed by atoms with Gasteiger partial charge in [0.2, 0.25) is 0 Å². The van der Waals surface area contributed by atoms with Crippen molar-refractivity contribution in [2.75, 3.05) is 6.61 Å². The lowest BCUT2D eigenvalue weighted by molar-refractivity contribution is 0.0378. The molecule has 0 aliphatic rings. The van der Waals surface area contributed by atoms with Gasteiger partial charge >= 0.3 is 22.6 Å². The normalized spacial score (nSPS) is 8.64. The van der Waals surface area contributed by atoms with Gasteiger partial charge in [0.1, 0.15) is 0 Å². The van der Waals surface area contributed by atoms with Crippen LogP contribution in [0.2, 0.25) is 0 Å². The Morgan fingerprint density at radius 3 is 2.27 bits per heavy atom. The van der Waals surface area contributed by atoms with E-state index < -0.39 is 16.6 Å². The van der Waals surface area contributed by atoms with Gasteiger partial charge in [0.05, 0.1) is 18.3 Å². The zero-order chi connectivity index (χ0) is 17.5. The van der Waals surface area contributed by atoms with Crippen LogP contribution in [0.5, 0.6) is 0 Å². The second-order valence-corrected chi connectivity index (χ2v) is 4.87. The Kier molecular flexibility index (Phi) is 14.6. The van der Waals surface area contributed by atoms with E-state index in [9.17, 15) is 18.0 Å². The molecule has 0 spiro atoms. The van der Waals surface area contributed by atoms with Crippen LogP contribution in [0.4, 0.5) is 4.79 Å². The molecule has 0 radical (unpaired) electrons. The summed E-state index contributed by atoms with van der Waals surface area (Å²) >= 11 is 1.49. The largest absolute Gasteiger partial charge is 0.459 e. The number of ether oxygens (including phenoxy) is 2.